The summed E-state index contributed by atoms with van der Waals surface area (Å²) >= 11 is 0. The van der Waals surface area contributed by atoms with E-state index in [9.17, 15) is 13.8 Å². The highest BCUT2D eigenvalue weighted by Crippen LogP contribution is 2.35. The van der Waals surface area contributed by atoms with E-state index in [0.717, 1.165) is 5.69 Å². The third kappa shape index (κ3) is 3.33. The Labute approximate surface area is 178 Å². The van der Waals surface area contributed by atoms with Gasteiger partial charge in [-0.15, -0.1) is 0 Å². The van der Waals surface area contributed by atoms with Crippen LogP contribution in [-0.2, 0) is 10.8 Å². The molecule has 4 rings (SSSR count). The Balaban J connectivity index is 1.81. The van der Waals surface area contributed by atoms with E-state index in [1.807, 2.05) is 44.2 Å². The third-order valence-corrected chi connectivity index (χ3v) is 6.70. The van der Waals surface area contributed by atoms with Gasteiger partial charge in [-0.05, 0) is 56.3 Å². The molecule has 1 atom stereocenters. The average molecular weight is 419 g/mol. The van der Waals surface area contributed by atoms with Crippen molar-refractivity contribution in [2.45, 2.75) is 23.6 Å². The summed E-state index contributed by atoms with van der Waals surface area (Å²) in [6, 6.07) is 21.5. The molecule has 0 radical (unpaired) electrons. The highest BCUT2D eigenvalue weighted by Gasteiger charge is 2.31. The van der Waals surface area contributed by atoms with Crippen molar-refractivity contribution in [3.63, 3.8) is 0 Å². The standard InChI is InChI=1S/C24H22N2O3S/c1-3-25(18-10-6-5-7-11-18)23(27)17-14-15-22-20(16-17)26(4-2)24(28)19-12-8-9-13-21(19)30(22)29/h5-16H,3-4H2,1-2H3. The number of amides is 2. The van der Waals surface area contributed by atoms with Crippen LogP contribution < -0.4 is 9.80 Å². The van der Waals surface area contributed by atoms with E-state index in [4.69, 9.17) is 0 Å². The van der Waals surface area contributed by atoms with Crippen molar-refractivity contribution < 1.29 is 13.8 Å². The Hall–Kier alpha value is -3.25. The van der Waals surface area contributed by atoms with Crippen LogP contribution in [0.5, 0.6) is 0 Å². The lowest BCUT2D eigenvalue weighted by atomic mass is 10.1. The van der Waals surface area contributed by atoms with Gasteiger partial charge in [-0.1, -0.05) is 30.3 Å². The van der Waals surface area contributed by atoms with E-state index in [0.29, 0.717) is 39.7 Å². The molecule has 2 amide bonds. The van der Waals surface area contributed by atoms with Crippen LogP contribution in [0.1, 0.15) is 34.6 Å². The summed E-state index contributed by atoms with van der Waals surface area (Å²) in [6.45, 7) is 4.70. The smallest absolute Gasteiger partial charge is 0.259 e. The molecule has 6 heteroatoms. The third-order valence-electron chi connectivity index (χ3n) is 5.20. The number of fused-ring (bicyclic) bond motifs is 2. The monoisotopic (exact) mass is 418 g/mol. The Morgan fingerprint density at radius 3 is 2.33 bits per heavy atom. The SMILES string of the molecule is CCN(C(=O)c1ccc2c(c1)N(CC)C(=O)c1ccccc1S2=O)c1ccccc1. The molecule has 1 heterocycles. The van der Waals surface area contributed by atoms with Crippen molar-refractivity contribution in [3.05, 3.63) is 83.9 Å². The number of nitrogens with zero attached hydrogens (tertiary/aromatic N) is 2. The van der Waals surface area contributed by atoms with E-state index in [1.165, 1.54) is 0 Å². The second-order valence-electron chi connectivity index (χ2n) is 6.88. The Kier molecular flexibility index (Phi) is 5.50. The first-order valence-corrected chi connectivity index (χ1v) is 11.1. The first-order valence-electron chi connectivity index (χ1n) is 9.90. The molecule has 1 aliphatic heterocycles. The van der Waals surface area contributed by atoms with Gasteiger partial charge in [0.05, 0.1) is 31.8 Å². The van der Waals surface area contributed by atoms with Gasteiger partial charge in [0.15, 0.2) is 0 Å². The zero-order valence-electron chi connectivity index (χ0n) is 16.9. The van der Waals surface area contributed by atoms with Crippen molar-refractivity contribution in [1.82, 2.24) is 0 Å². The van der Waals surface area contributed by atoms with Crippen LogP contribution in [0.25, 0.3) is 0 Å². The summed E-state index contributed by atoms with van der Waals surface area (Å²) in [6.07, 6.45) is 0. The van der Waals surface area contributed by atoms with E-state index in [1.54, 1.807) is 52.3 Å². The maximum atomic E-state index is 13.3. The summed E-state index contributed by atoms with van der Waals surface area (Å²) in [7, 11) is -1.51. The van der Waals surface area contributed by atoms with Crippen LogP contribution >= 0.6 is 0 Å². The predicted octanol–water partition coefficient (Wildman–Crippen LogP) is 4.50. The lowest BCUT2D eigenvalue weighted by Crippen LogP contribution is -2.32. The number of carbonyl (C=O) groups excluding carboxylic acids is 2. The van der Waals surface area contributed by atoms with Crippen LogP contribution in [0.15, 0.2) is 82.6 Å². The normalized spacial score (nSPS) is 15.2. The molecule has 3 aromatic rings. The topological polar surface area (TPSA) is 57.7 Å². The van der Waals surface area contributed by atoms with Crippen LogP contribution in [0.4, 0.5) is 11.4 Å². The van der Waals surface area contributed by atoms with Gasteiger partial charge in [0.25, 0.3) is 11.8 Å². The fraction of sp³-hybridized carbons (Fsp3) is 0.167. The van der Waals surface area contributed by atoms with Crippen molar-refractivity contribution in [3.8, 4) is 0 Å². The van der Waals surface area contributed by atoms with Gasteiger partial charge < -0.3 is 9.80 Å². The van der Waals surface area contributed by atoms with Gasteiger partial charge in [-0.2, -0.15) is 0 Å². The number of para-hydroxylation sites is 1. The molecule has 3 aromatic carbocycles. The lowest BCUT2D eigenvalue weighted by molar-refractivity contribution is 0.0976. The molecule has 0 bridgehead atoms. The molecule has 0 aromatic heterocycles. The molecule has 1 aliphatic rings. The maximum absolute atomic E-state index is 13.3. The maximum Gasteiger partial charge on any atom is 0.259 e. The second kappa shape index (κ2) is 8.24. The molecule has 0 aliphatic carbocycles. The van der Waals surface area contributed by atoms with Crippen molar-refractivity contribution in [1.29, 1.82) is 0 Å². The Morgan fingerprint density at radius 2 is 1.63 bits per heavy atom. The fourth-order valence-corrected chi connectivity index (χ4v) is 5.06. The molecular weight excluding hydrogens is 396 g/mol. The number of anilines is 2. The summed E-state index contributed by atoms with van der Waals surface area (Å²) in [5.41, 5.74) is 2.21. The van der Waals surface area contributed by atoms with Gasteiger partial charge in [0, 0.05) is 24.3 Å². The zero-order chi connectivity index (χ0) is 21.3. The number of benzene rings is 3. The van der Waals surface area contributed by atoms with Gasteiger partial charge in [0.2, 0.25) is 0 Å². The Bertz CT molecular complexity index is 1140. The Morgan fingerprint density at radius 1 is 0.933 bits per heavy atom. The molecule has 152 valence electrons. The quantitative estimate of drug-likeness (QED) is 0.627. The molecule has 0 fully saturated rings. The van der Waals surface area contributed by atoms with Crippen LogP contribution in [0.3, 0.4) is 0 Å². The number of hydrogen-bond donors (Lipinski definition) is 0. The van der Waals surface area contributed by atoms with Crippen LogP contribution in [-0.4, -0.2) is 29.1 Å². The minimum absolute atomic E-state index is 0.164. The number of rotatable bonds is 4. The zero-order valence-corrected chi connectivity index (χ0v) is 17.7. The molecule has 0 spiro atoms. The summed E-state index contributed by atoms with van der Waals surface area (Å²) in [4.78, 5) is 30.7. The van der Waals surface area contributed by atoms with E-state index >= 15 is 0 Å². The van der Waals surface area contributed by atoms with Crippen LogP contribution in [0, 0.1) is 0 Å². The highest BCUT2D eigenvalue weighted by molar-refractivity contribution is 7.85. The van der Waals surface area contributed by atoms with E-state index in [2.05, 4.69) is 0 Å². The van der Waals surface area contributed by atoms with Gasteiger partial charge in [0.1, 0.15) is 0 Å². The molecule has 1 unspecified atom stereocenters. The van der Waals surface area contributed by atoms with E-state index < -0.39 is 10.8 Å². The minimum atomic E-state index is -1.51. The van der Waals surface area contributed by atoms with Crippen LogP contribution in [0.2, 0.25) is 0 Å². The second-order valence-corrected chi connectivity index (χ2v) is 8.30. The predicted molar refractivity (Wildman–Crippen MR) is 119 cm³/mol. The summed E-state index contributed by atoms with van der Waals surface area (Å²) < 4.78 is 13.3. The summed E-state index contributed by atoms with van der Waals surface area (Å²) in [5.74, 6) is -0.372. The first-order chi connectivity index (χ1) is 14.6. The van der Waals surface area contributed by atoms with Crippen molar-refractivity contribution >= 4 is 34.0 Å². The molecule has 30 heavy (non-hydrogen) atoms. The van der Waals surface area contributed by atoms with Gasteiger partial charge in [-0.3, -0.25) is 9.59 Å². The fourth-order valence-electron chi connectivity index (χ4n) is 3.72. The van der Waals surface area contributed by atoms with Gasteiger partial charge >= 0.3 is 0 Å². The number of hydrogen-bond acceptors (Lipinski definition) is 3. The van der Waals surface area contributed by atoms with Crippen molar-refractivity contribution in [2.75, 3.05) is 22.9 Å². The summed E-state index contributed by atoms with van der Waals surface area (Å²) in [5, 5.41) is 0. The molecular formula is C24H22N2O3S. The molecule has 5 nitrogen and oxygen atoms in total. The largest absolute Gasteiger partial charge is 0.309 e. The van der Waals surface area contributed by atoms with Crippen molar-refractivity contribution in [2.24, 2.45) is 0 Å². The average Bonchev–Trinajstić information content (AvgIpc) is 2.88. The highest BCUT2D eigenvalue weighted by atomic mass is 32.2. The van der Waals surface area contributed by atoms with E-state index in [-0.39, 0.29) is 11.8 Å². The first kappa shape index (κ1) is 20.0. The molecule has 0 saturated carbocycles. The molecule has 0 N–H and O–H groups in total. The molecule has 0 saturated heterocycles. The minimum Gasteiger partial charge on any atom is -0.309 e. The van der Waals surface area contributed by atoms with Gasteiger partial charge in [-0.25, -0.2) is 4.21 Å². The lowest BCUT2D eigenvalue weighted by Gasteiger charge is -2.24. The number of carbonyl (C=O) groups is 2.